The van der Waals surface area contributed by atoms with Crippen molar-refractivity contribution in [3.05, 3.63) is 42.0 Å². The van der Waals surface area contributed by atoms with Gasteiger partial charge < -0.3 is 15.5 Å². The molecule has 0 saturated heterocycles. The largest absolute Gasteiger partial charge is 0.377 e. The third-order valence-electron chi connectivity index (χ3n) is 2.37. The fraction of sp³-hybridized carbons (Fsp3) is 0.250. The summed E-state index contributed by atoms with van der Waals surface area (Å²) in [4.78, 5) is 12.7. The van der Waals surface area contributed by atoms with Crippen molar-refractivity contribution in [1.82, 2.24) is 15.0 Å². The molecular formula is C12H16N6O. The zero-order valence-corrected chi connectivity index (χ0v) is 10.6. The maximum Gasteiger partial charge on any atom is 0.158 e. The number of aromatic nitrogens is 3. The van der Waals surface area contributed by atoms with Crippen molar-refractivity contribution in [1.29, 1.82) is 0 Å². The average molecular weight is 260 g/mol. The van der Waals surface area contributed by atoms with Crippen LogP contribution in [0, 0.1) is 0 Å². The van der Waals surface area contributed by atoms with Gasteiger partial charge in [-0.15, -0.1) is 0 Å². The minimum absolute atomic E-state index is 0.327. The van der Waals surface area contributed by atoms with Crippen LogP contribution in [0.1, 0.15) is 11.5 Å². The Labute approximate surface area is 111 Å². The highest BCUT2D eigenvalue weighted by molar-refractivity contribution is 5.46. The van der Waals surface area contributed by atoms with Crippen molar-refractivity contribution >= 4 is 11.6 Å². The highest BCUT2D eigenvalue weighted by Gasteiger charge is 2.04. The summed E-state index contributed by atoms with van der Waals surface area (Å²) >= 11 is 0. The van der Waals surface area contributed by atoms with Crippen LogP contribution in [0.15, 0.2) is 30.5 Å². The first-order valence-electron chi connectivity index (χ1n) is 5.79. The van der Waals surface area contributed by atoms with E-state index in [0.717, 1.165) is 5.69 Å². The molecule has 0 aliphatic carbocycles. The third-order valence-corrected chi connectivity index (χ3v) is 2.37. The summed E-state index contributed by atoms with van der Waals surface area (Å²) in [6.07, 6.45) is 1.75. The van der Waals surface area contributed by atoms with Crippen molar-refractivity contribution < 1.29 is 4.74 Å². The van der Waals surface area contributed by atoms with Gasteiger partial charge in [-0.3, -0.25) is 4.98 Å². The molecule has 0 spiro atoms. The van der Waals surface area contributed by atoms with Gasteiger partial charge in [0.1, 0.15) is 18.2 Å². The number of nitrogen functional groups attached to an aromatic ring is 1. The molecule has 2 rings (SSSR count). The lowest BCUT2D eigenvalue weighted by molar-refractivity contribution is 0.178. The van der Waals surface area contributed by atoms with E-state index in [9.17, 15) is 0 Å². The highest BCUT2D eigenvalue weighted by atomic mass is 16.5. The Morgan fingerprint density at radius 3 is 2.79 bits per heavy atom. The fourth-order valence-corrected chi connectivity index (χ4v) is 1.54. The number of nitrogens with two attached hydrogens (primary N) is 1. The zero-order valence-electron chi connectivity index (χ0n) is 10.6. The molecule has 7 nitrogen and oxygen atoms in total. The van der Waals surface area contributed by atoms with E-state index in [4.69, 9.17) is 10.6 Å². The first-order chi connectivity index (χ1) is 9.31. The van der Waals surface area contributed by atoms with E-state index in [0.29, 0.717) is 30.6 Å². The number of nitrogens with zero attached hydrogens (tertiary/aromatic N) is 3. The number of hydrogen-bond acceptors (Lipinski definition) is 7. The summed E-state index contributed by atoms with van der Waals surface area (Å²) in [5.74, 6) is 7.13. The number of pyridine rings is 1. The number of hydrogen-bond donors (Lipinski definition) is 3. The second-order valence-corrected chi connectivity index (χ2v) is 3.81. The Balaban J connectivity index is 2.08. The molecule has 0 amide bonds. The van der Waals surface area contributed by atoms with Gasteiger partial charge in [0.2, 0.25) is 0 Å². The van der Waals surface area contributed by atoms with Crippen LogP contribution in [0.4, 0.5) is 11.6 Å². The smallest absolute Gasteiger partial charge is 0.158 e. The quantitative estimate of drug-likeness (QED) is 0.524. The van der Waals surface area contributed by atoms with E-state index < -0.39 is 0 Å². The van der Waals surface area contributed by atoms with Gasteiger partial charge in [-0.25, -0.2) is 15.8 Å². The van der Waals surface area contributed by atoms with Crippen molar-refractivity contribution in [2.24, 2.45) is 5.84 Å². The molecule has 19 heavy (non-hydrogen) atoms. The molecule has 4 N–H and O–H groups in total. The first kappa shape index (κ1) is 13.2. The molecule has 100 valence electrons. The molecule has 0 aromatic carbocycles. The van der Waals surface area contributed by atoms with Crippen LogP contribution in [0.2, 0.25) is 0 Å². The fourth-order valence-electron chi connectivity index (χ4n) is 1.54. The molecular weight excluding hydrogens is 244 g/mol. The molecule has 0 fully saturated rings. The van der Waals surface area contributed by atoms with Crippen LogP contribution in [-0.4, -0.2) is 22.1 Å². The predicted octanol–water partition coefficient (Wildman–Crippen LogP) is 0.916. The van der Waals surface area contributed by atoms with Crippen LogP contribution in [0.3, 0.4) is 0 Å². The maximum atomic E-state index is 5.37. The van der Waals surface area contributed by atoms with Crippen molar-refractivity contribution in [3.63, 3.8) is 0 Å². The molecule has 0 aliphatic heterocycles. The number of ether oxygens (including phenoxy) is 1. The van der Waals surface area contributed by atoms with Crippen LogP contribution in [0.25, 0.3) is 0 Å². The maximum absolute atomic E-state index is 5.37. The number of rotatable bonds is 6. The van der Waals surface area contributed by atoms with Gasteiger partial charge in [-0.1, -0.05) is 6.07 Å². The molecule has 0 unspecified atom stereocenters. The van der Waals surface area contributed by atoms with Gasteiger partial charge in [0.15, 0.2) is 5.82 Å². The van der Waals surface area contributed by atoms with Gasteiger partial charge in [0, 0.05) is 19.4 Å². The number of methoxy groups -OCH3 is 1. The van der Waals surface area contributed by atoms with Crippen molar-refractivity contribution in [2.45, 2.75) is 13.2 Å². The van der Waals surface area contributed by atoms with E-state index in [1.807, 2.05) is 18.2 Å². The van der Waals surface area contributed by atoms with Gasteiger partial charge in [0.25, 0.3) is 0 Å². The lowest BCUT2D eigenvalue weighted by atomic mass is 10.3. The van der Waals surface area contributed by atoms with Gasteiger partial charge in [-0.2, -0.15) is 0 Å². The molecule has 2 aromatic heterocycles. The topological polar surface area (TPSA) is 98.0 Å². The Bertz CT molecular complexity index is 519. The molecule has 2 aromatic rings. The number of nitrogens with one attached hydrogen (secondary N) is 2. The van der Waals surface area contributed by atoms with E-state index in [2.05, 4.69) is 25.7 Å². The SMILES string of the molecule is COCc1nc(NN)cc(NCc2ccccn2)n1. The molecule has 0 saturated carbocycles. The minimum atomic E-state index is 0.327. The summed E-state index contributed by atoms with van der Waals surface area (Å²) in [5.41, 5.74) is 3.43. The average Bonchev–Trinajstić information content (AvgIpc) is 2.46. The molecule has 0 aliphatic rings. The first-order valence-corrected chi connectivity index (χ1v) is 5.79. The van der Waals surface area contributed by atoms with Crippen LogP contribution in [-0.2, 0) is 17.9 Å². The van der Waals surface area contributed by atoms with Crippen LogP contribution >= 0.6 is 0 Å². The van der Waals surface area contributed by atoms with Gasteiger partial charge >= 0.3 is 0 Å². The van der Waals surface area contributed by atoms with E-state index in [-0.39, 0.29) is 0 Å². The highest BCUT2D eigenvalue weighted by Crippen LogP contribution is 2.11. The standard InChI is InChI=1S/C12H16N6O/c1-19-8-12-16-10(6-11(17-12)18-13)15-7-9-4-2-3-5-14-9/h2-6H,7-8,13H2,1H3,(H2,15,16,17,18). The molecule has 0 bridgehead atoms. The normalized spacial score (nSPS) is 10.2. The van der Waals surface area contributed by atoms with Crippen molar-refractivity contribution in [2.75, 3.05) is 17.9 Å². The van der Waals surface area contributed by atoms with Crippen molar-refractivity contribution in [3.8, 4) is 0 Å². The molecule has 0 radical (unpaired) electrons. The summed E-state index contributed by atoms with van der Waals surface area (Å²) in [6, 6.07) is 7.48. The predicted molar refractivity (Wildman–Crippen MR) is 72.1 cm³/mol. The van der Waals surface area contributed by atoms with Gasteiger partial charge in [0.05, 0.1) is 12.2 Å². The van der Waals surface area contributed by atoms with Gasteiger partial charge in [-0.05, 0) is 12.1 Å². The Hall–Kier alpha value is -2.25. The summed E-state index contributed by atoms with van der Waals surface area (Å²) < 4.78 is 5.01. The number of anilines is 2. The Kier molecular flexibility index (Phi) is 4.60. The summed E-state index contributed by atoms with van der Waals surface area (Å²) in [6.45, 7) is 0.905. The third kappa shape index (κ3) is 3.87. The van der Waals surface area contributed by atoms with E-state index >= 15 is 0 Å². The van der Waals surface area contributed by atoms with E-state index in [1.165, 1.54) is 0 Å². The molecule has 0 atom stereocenters. The van der Waals surface area contributed by atoms with E-state index in [1.54, 1.807) is 19.4 Å². The lowest BCUT2D eigenvalue weighted by Crippen LogP contribution is -2.12. The Morgan fingerprint density at radius 2 is 2.11 bits per heavy atom. The molecule has 2 heterocycles. The Morgan fingerprint density at radius 1 is 1.26 bits per heavy atom. The minimum Gasteiger partial charge on any atom is -0.377 e. The molecule has 7 heteroatoms. The van der Waals surface area contributed by atoms with Crippen LogP contribution < -0.4 is 16.6 Å². The lowest BCUT2D eigenvalue weighted by Gasteiger charge is -2.09. The number of hydrazine groups is 1. The van der Waals surface area contributed by atoms with Crippen LogP contribution in [0.5, 0.6) is 0 Å². The second kappa shape index (κ2) is 6.62. The second-order valence-electron chi connectivity index (χ2n) is 3.81. The summed E-state index contributed by atoms with van der Waals surface area (Å²) in [5, 5.41) is 3.17. The summed E-state index contributed by atoms with van der Waals surface area (Å²) in [7, 11) is 1.59. The monoisotopic (exact) mass is 260 g/mol. The zero-order chi connectivity index (χ0) is 13.5.